The normalized spacial score (nSPS) is 12.1. The molecule has 0 fully saturated rings. The zero-order chi connectivity index (χ0) is 11.8. The number of nitrogens with zero attached hydrogens (tertiary/aromatic N) is 1. The minimum atomic E-state index is 0.382. The van der Waals surface area contributed by atoms with Gasteiger partial charge in [0, 0.05) is 24.4 Å². The van der Waals surface area contributed by atoms with Gasteiger partial charge in [-0.15, -0.1) is 12.3 Å². The summed E-state index contributed by atoms with van der Waals surface area (Å²) in [6.07, 6.45) is 10.1. The molecule has 1 N–H and O–H groups in total. The second-order valence-electron chi connectivity index (χ2n) is 3.88. The van der Waals surface area contributed by atoms with Crippen LogP contribution in [0, 0.1) is 19.3 Å². The molecule has 0 saturated heterocycles. The first-order valence-corrected chi connectivity index (χ1v) is 5.88. The topological polar surface area (TPSA) is 24.9 Å². The van der Waals surface area contributed by atoms with Gasteiger partial charge in [0.25, 0.3) is 0 Å². The van der Waals surface area contributed by atoms with E-state index in [4.69, 9.17) is 6.42 Å². The lowest BCUT2D eigenvalue weighted by atomic mass is 10.00. The lowest BCUT2D eigenvalue weighted by molar-refractivity contribution is 0.498. The van der Waals surface area contributed by atoms with E-state index in [1.807, 2.05) is 12.3 Å². The highest BCUT2D eigenvalue weighted by Gasteiger charge is 2.12. The van der Waals surface area contributed by atoms with Crippen molar-refractivity contribution < 1.29 is 0 Å². The van der Waals surface area contributed by atoms with Crippen molar-refractivity contribution in [2.45, 2.75) is 39.2 Å². The van der Waals surface area contributed by atoms with Crippen molar-refractivity contribution >= 4 is 0 Å². The molecular weight excluding hydrogens is 196 g/mol. The van der Waals surface area contributed by atoms with Gasteiger partial charge in [-0.1, -0.05) is 13.0 Å². The maximum absolute atomic E-state index is 5.27. The molecule has 86 valence electrons. The number of aryl methyl sites for hydroxylation is 1. The molecule has 0 bridgehead atoms. The monoisotopic (exact) mass is 216 g/mol. The number of hydrogen-bond acceptors (Lipinski definition) is 2. The van der Waals surface area contributed by atoms with E-state index in [9.17, 15) is 0 Å². The van der Waals surface area contributed by atoms with E-state index in [0.29, 0.717) is 6.04 Å². The SMILES string of the molecule is C#CCCCC(NCC)c1cccnc1C. The Labute approximate surface area is 98.5 Å². The summed E-state index contributed by atoms with van der Waals surface area (Å²) in [6.45, 7) is 5.15. The van der Waals surface area contributed by atoms with Gasteiger partial charge >= 0.3 is 0 Å². The molecule has 0 aliphatic carbocycles. The lowest BCUT2D eigenvalue weighted by Gasteiger charge is -2.19. The number of hydrogen-bond donors (Lipinski definition) is 1. The number of aromatic nitrogens is 1. The van der Waals surface area contributed by atoms with Crippen molar-refractivity contribution in [3.05, 3.63) is 29.6 Å². The number of rotatable bonds is 6. The first-order chi connectivity index (χ1) is 7.79. The molecular formula is C14H20N2. The summed E-state index contributed by atoms with van der Waals surface area (Å²) in [4.78, 5) is 4.33. The van der Waals surface area contributed by atoms with Crippen molar-refractivity contribution in [1.29, 1.82) is 0 Å². The molecule has 0 radical (unpaired) electrons. The molecule has 1 atom stereocenters. The summed E-state index contributed by atoms with van der Waals surface area (Å²) in [5, 5.41) is 3.49. The zero-order valence-electron chi connectivity index (χ0n) is 10.2. The van der Waals surface area contributed by atoms with Gasteiger partial charge in [0.2, 0.25) is 0 Å². The highest BCUT2D eigenvalue weighted by molar-refractivity contribution is 5.22. The number of nitrogens with one attached hydrogen (secondary N) is 1. The minimum Gasteiger partial charge on any atom is -0.310 e. The summed E-state index contributed by atoms with van der Waals surface area (Å²) in [5.41, 5.74) is 2.40. The summed E-state index contributed by atoms with van der Waals surface area (Å²) >= 11 is 0. The van der Waals surface area contributed by atoms with E-state index in [2.05, 4.69) is 36.1 Å². The molecule has 1 aromatic rings. The molecule has 0 aliphatic rings. The van der Waals surface area contributed by atoms with Crippen molar-refractivity contribution in [2.75, 3.05) is 6.54 Å². The Morgan fingerprint density at radius 2 is 2.38 bits per heavy atom. The first-order valence-electron chi connectivity index (χ1n) is 5.88. The highest BCUT2D eigenvalue weighted by Crippen LogP contribution is 2.21. The predicted molar refractivity (Wildman–Crippen MR) is 68.1 cm³/mol. The number of pyridine rings is 1. The standard InChI is InChI=1S/C14H20N2/c1-4-6-7-10-14(15-5-2)13-9-8-11-16-12(13)3/h1,8-9,11,14-15H,5-7,10H2,2-3H3. The van der Waals surface area contributed by atoms with Crippen molar-refractivity contribution in [2.24, 2.45) is 0 Å². The molecule has 0 aliphatic heterocycles. The summed E-state index contributed by atoms with van der Waals surface area (Å²) < 4.78 is 0. The van der Waals surface area contributed by atoms with Crippen LogP contribution in [0.2, 0.25) is 0 Å². The Hall–Kier alpha value is -1.33. The molecule has 0 saturated carbocycles. The van der Waals surface area contributed by atoms with E-state index < -0.39 is 0 Å². The Morgan fingerprint density at radius 3 is 3.00 bits per heavy atom. The third-order valence-electron chi connectivity index (χ3n) is 2.69. The average Bonchev–Trinajstić information content (AvgIpc) is 2.29. The molecule has 0 spiro atoms. The summed E-state index contributed by atoms with van der Waals surface area (Å²) in [6, 6.07) is 4.52. The Kier molecular flexibility index (Phi) is 5.60. The van der Waals surface area contributed by atoms with Gasteiger partial charge in [-0.05, 0) is 37.9 Å². The van der Waals surface area contributed by atoms with Crippen molar-refractivity contribution in [3.63, 3.8) is 0 Å². The van der Waals surface area contributed by atoms with Crippen molar-refractivity contribution in [1.82, 2.24) is 10.3 Å². The van der Waals surface area contributed by atoms with Crippen LogP contribution in [0.4, 0.5) is 0 Å². The van der Waals surface area contributed by atoms with Gasteiger partial charge in [0.1, 0.15) is 0 Å². The fraction of sp³-hybridized carbons (Fsp3) is 0.500. The van der Waals surface area contributed by atoms with Gasteiger partial charge in [0.05, 0.1) is 0 Å². The lowest BCUT2D eigenvalue weighted by Crippen LogP contribution is -2.21. The van der Waals surface area contributed by atoms with Crippen molar-refractivity contribution in [3.8, 4) is 12.3 Å². The van der Waals surface area contributed by atoms with Crippen LogP contribution in [-0.4, -0.2) is 11.5 Å². The summed E-state index contributed by atoms with van der Waals surface area (Å²) in [7, 11) is 0. The largest absolute Gasteiger partial charge is 0.310 e. The Morgan fingerprint density at radius 1 is 1.56 bits per heavy atom. The third-order valence-corrected chi connectivity index (χ3v) is 2.69. The van der Waals surface area contributed by atoms with E-state index >= 15 is 0 Å². The van der Waals surface area contributed by atoms with Crippen LogP contribution >= 0.6 is 0 Å². The quantitative estimate of drug-likeness (QED) is 0.584. The smallest absolute Gasteiger partial charge is 0.0420 e. The van der Waals surface area contributed by atoms with Crippen LogP contribution in [0.25, 0.3) is 0 Å². The van der Waals surface area contributed by atoms with Gasteiger partial charge in [-0.2, -0.15) is 0 Å². The molecule has 1 unspecified atom stereocenters. The highest BCUT2D eigenvalue weighted by atomic mass is 14.9. The molecule has 0 amide bonds. The van der Waals surface area contributed by atoms with Gasteiger partial charge in [0.15, 0.2) is 0 Å². The van der Waals surface area contributed by atoms with Gasteiger partial charge in [-0.3, -0.25) is 4.98 Å². The van der Waals surface area contributed by atoms with Crippen LogP contribution in [0.1, 0.15) is 43.5 Å². The summed E-state index contributed by atoms with van der Waals surface area (Å²) in [5.74, 6) is 2.69. The van der Waals surface area contributed by atoms with Crippen LogP contribution in [0.5, 0.6) is 0 Å². The fourth-order valence-electron chi connectivity index (χ4n) is 1.89. The molecule has 2 nitrogen and oxygen atoms in total. The van der Waals surface area contributed by atoms with E-state index in [-0.39, 0.29) is 0 Å². The zero-order valence-corrected chi connectivity index (χ0v) is 10.2. The van der Waals surface area contributed by atoms with Gasteiger partial charge in [-0.25, -0.2) is 0 Å². The van der Waals surface area contributed by atoms with Crippen LogP contribution in [0.15, 0.2) is 18.3 Å². The van der Waals surface area contributed by atoms with Gasteiger partial charge < -0.3 is 5.32 Å². The minimum absolute atomic E-state index is 0.382. The van der Waals surface area contributed by atoms with Crippen LogP contribution in [-0.2, 0) is 0 Å². The maximum Gasteiger partial charge on any atom is 0.0420 e. The van der Waals surface area contributed by atoms with E-state index in [1.165, 1.54) is 5.56 Å². The second kappa shape index (κ2) is 7.03. The molecule has 16 heavy (non-hydrogen) atoms. The Bertz CT molecular complexity index is 352. The first kappa shape index (κ1) is 12.7. The van der Waals surface area contributed by atoms with E-state index in [0.717, 1.165) is 31.5 Å². The molecule has 0 aromatic carbocycles. The van der Waals surface area contributed by atoms with Crippen LogP contribution < -0.4 is 5.32 Å². The number of terminal acetylenes is 1. The van der Waals surface area contributed by atoms with Crippen LogP contribution in [0.3, 0.4) is 0 Å². The molecule has 1 aromatic heterocycles. The molecule has 2 heteroatoms. The number of unbranched alkanes of at least 4 members (excludes halogenated alkanes) is 1. The third kappa shape index (κ3) is 3.67. The fourth-order valence-corrected chi connectivity index (χ4v) is 1.89. The predicted octanol–water partition coefficient (Wildman–Crippen LogP) is 2.84. The average molecular weight is 216 g/mol. The Balaban J connectivity index is 2.69. The molecule has 1 heterocycles. The van der Waals surface area contributed by atoms with E-state index in [1.54, 1.807) is 0 Å². The maximum atomic E-state index is 5.27. The molecule has 1 rings (SSSR count). The second-order valence-corrected chi connectivity index (χ2v) is 3.88.